The van der Waals surface area contributed by atoms with Crippen LogP contribution in [0.25, 0.3) is 0 Å². The number of aryl methyl sites for hydroxylation is 1. The largest absolute Gasteiger partial charge is 0.345 e. The van der Waals surface area contributed by atoms with Gasteiger partial charge in [-0.2, -0.15) is 0 Å². The van der Waals surface area contributed by atoms with Crippen LogP contribution in [0.15, 0.2) is 16.7 Å². The van der Waals surface area contributed by atoms with Crippen molar-refractivity contribution < 1.29 is 4.79 Å². The molecule has 2 rings (SSSR count). The summed E-state index contributed by atoms with van der Waals surface area (Å²) in [5.74, 6) is 0.110. The number of nitrogens with zero attached hydrogens (tertiary/aromatic N) is 2. The van der Waals surface area contributed by atoms with Gasteiger partial charge in [-0.05, 0) is 35.8 Å². The molecule has 1 saturated heterocycles. The lowest BCUT2D eigenvalue weighted by Gasteiger charge is -2.38. The van der Waals surface area contributed by atoms with Gasteiger partial charge in [-0.3, -0.25) is 4.79 Å². The van der Waals surface area contributed by atoms with E-state index >= 15 is 0 Å². The van der Waals surface area contributed by atoms with Gasteiger partial charge in [0.15, 0.2) is 0 Å². The Hall–Kier alpha value is -0.810. The molecule has 0 spiro atoms. The molecule has 4 nitrogen and oxygen atoms in total. The third-order valence-corrected chi connectivity index (χ3v) is 3.92. The van der Waals surface area contributed by atoms with Crippen LogP contribution in [0.2, 0.25) is 0 Å². The number of hydrogen-bond acceptors (Lipinski definition) is 2. The Morgan fingerprint density at radius 1 is 1.53 bits per heavy atom. The van der Waals surface area contributed by atoms with Crippen molar-refractivity contribution in [2.75, 3.05) is 13.1 Å². The average molecular weight is 300 g/mol. The lowest BCUT2D eigenvalue weighted by atomic mass is 10.1. The number of nitrogens with one attached hydrogen (secondary N) is 1. The highest BCUT2D eigenvalue weighted by molar-refractivity contribution is 9.10. The van der Waals surface area contributed by atoms with Gasteiger partial charge < -0.3 is 14.8 Å². The summed E-state index contributed by atoms with van der Waals surface area (Å²) in [6.07, 6.45) is 1.91. The van der Waals surface area contributed by atoms with Crippen LogP contribution in [0.5, 0.6) is 0 Å². The molecule has 94 valence electrons. The molecule has 1 aromatic heterocycles. The van der Waals surface area contributed by atoms with Crippen LogP contribution in [0, 0.1) is 0 Å². The van der Waals surface area contributed by atoms with E-state index in [1.54, 1.807) is 0 Å². The van der Waals surface area contributed by atoms with E-state index in [1.165, 1.54) is 0 Å². The Kier molecular flexibility index (Phi) is 3.58. The summed E-state index contributed by atoms with van der Waals surface area (Å²) in [4.78, 5) is 14.4. The molecule has 0 bridgehead atoms. The third-order valence-electron chi connectivity index (χ3n) is 3.49. The first kappa shape index (κ1) is 12.6. The van der Waals surface area contributed by atoms with Crippen molar-refractivity contribution in [2.24, 2.45) is 7.05 Å². The highest BCUT2D eigenvalue weighted by Gasteiger charge is 2.29. The first-order valence-corrected chi connectivity index (χ1v) is 6.66. The Bertz CT molecular complexity index is 429. The zero-order valence-corrected chi connectivity index (χ0v) is 12.0. The van der Waals surface area contributed by atoms with Crippen LogP contribution in [0.3, 0.4) is 0 Å². The molecule has 0 aliphatic carbocycles. The molecule has 1 aliphatic heterocycles. The van der Waals surface area contributed by atoms with Gasteiger partial charge in [-0.1, -0.05) is 0 Å². The molecule has 0 radical (unpaired) electrons. The monoisotopic (exact) mass is 299 g/mol. The van der Waals surface area contributed by atoms with Gasteiger partial charge in [0.2, 0.25) is 0 Å². The average Bonchev–Trinajstić information content (AvgIpc) is 2.61. The van der Waals surface area contributed by atoms with E-state index in [2.05, 4.69) is 35.1 Å². The molecule has 2 heterocycles. The molecule has 1 aliphatic rings. The summed E-state index contributed by atoms with van der Waals surface area (Å²) < 4.78 is 2.81. The number of piperazine rings is 1. The molecular weight excluding hydrogens is 282 g/mol. The fraction of sp³-hybridized carbons (Fsp3) is 0.583. The van der Waals surface area contributed by atoms with E-state index in [0.29, 0.717) is 6.04 Å². The van der Waals surface area contributed by atoms with Crippen LogP contribution in [0.1, 0.15) is 24.3 Å². The first-order chi connectivity index (χ1) is 8.00. The summed E-state index contributed by atoms with van der Waals surface area (Å²) in [6.45, 7) is 5.84. The molecule has 1 N–H and O–H groups in total. The molecule has 2 atom stereocenters. The summed E-state index contributed by atoms with van der Waals surface area (Å²) >= 11 is 3.40. The molecule has 0 saturated carbocycles. The van der Waals surface area contributed by atoms with Crippen LogP contribution < -0.4 is 5.32 Å². The van der Waals surface area contributed by atoms with Gasteiger partial charge in [0.05, 0.1) is 0 Å². The second kappa shape index (κ2) is 4.82. The molecular formula is C12H18BrN3O. The van der Waals surface area contributed by atoms with Crippen molar-refractivity contribution in [1.29, 1.82) is 0 Å². The predicted octanol–water partition coefficient (Wildman–Crippen LogP) is 1.61. The van der Waals surface area contributed by atoms with Crippen molar-refractivity contribution in [3.8, 4) is 0 Å². The molecule has 2 unspecified atom stereocenters. The SMILES string of the molecule is CC1NCCN(C(=O)c2cc(Br)cn2C)C1C. The number of carbonyl (C=O) groups is 1. The lowest BCUT2D eigenvalue weighted by Crippen LogP contribution is -2.57. The predicted molar refractivity (Wildman–Crippen MR) is 71.1 cm³/mol. The van der Waals surface area contributed by atoms with E-state index in [9.17, 15) is 4.79 Å². The van der Waals surface area contributed by atoms with E-state index in [4.69, 9.17) is 0 Å². The Labute approximate surface area is 110 Å². The second-order valence-corrected chi connectivity index (χ2v) is 5.55. The van der Waals surface area contributed by atoms with Crippen molar-refractivity contribution >= 4 is 21.8 Å². The zero-order valence-electron chi connectivity index (χ0n) is 10.4. The van der Waals surface area contributed by atoms with Gasteiger partial charge in [-0.25, -0.2) is 0 Å². The zero-order chi connectivity index (χ0) is 12.6. The lowest BCUT2D eigenvalue weighted by molar-refractivity contribution is 0.0593. The highest BCUT2D eigenvalue weighted by Crippen LogP contribution is 2.18. The number of rotatable bonds is 1. The summed E-state index contributed by atoms with van der Waals surface area (Å²) in [6, 6.07) is 2.45. The van der Waals surface area contributed by atoms with E-state index in [-0.39, 0.29) is 11.9 Å². The van der Waals surface area contributed by atoms with Crippen molar-refractivity contribution in [2.45, 2.75) is 25.9 Å². The smallest absolute Gasteiger partial charge is 0.270 e. The summed E-state index contributed by atoms with van der Waals surface area (Å²) in [5, 5.41) is 3.38. The summed E-state index contributed by atoms with van der Waals surface area (Å²) in [5.41, 5.74) is 0.734. The standard InChI is InChI=1S/C12H18BrN3O/c1-8-9(2)16(5-4-14-8)12(17)11-6-10(13)7-15(11)3/h6-9,14H,4-5H2,1-3H3. The number of hydrogen-bond donors (Lipinski definition) is 1. The van der Waals surface area contributed by atoms with Crippen LogP contribution in [0.4, 0.5) is 0 Å². The number of amides is 1. The van der Waals surface area contributed by atoms with Crippen LogP contribution in [-0.4, -0.2) is 40.5 Å². The topological polar surface area (TPSA) is 37.3 Å². The van der Waals surface area contributed by atoms with Crippen LogP contribution in [-0.2, 0) is 7.05 Å². The molecule has 1 aromatic rings. The minimum atomic E-state index is 0.110. The fourth-order valence-electron chi connectivity index (χ4n) is 2.23. The van der Waals surface area contributed by atoms with Gasteiger partial charge in [0.1, 0.15) is 5.69 Å². The maximum atomic E-state index is 12.4. The van der Waals surface area contributed by atoms with Crippen molar-refractivity contribution in [3.63, 3.8) is 0 Å². The number of aromatic nitrogens is 1. The molecule has 1 amide bonds. The van der Waals surface area contributed by atoms with E-state index in [1.807, 2.05) is 28.8 Å². The fourth-order valence-corrected chi connectivity index (χ4v) is 2.75. The summed E-state index contributed by atoms with van der Waals surface area (Å²) in [7, 11) is 1.90. The third kappa shape index (κ3) is 2.40. The Morgan fingerprint density at radius 3 is 2.82 bits per heavy atom. The van der Waals surface area contributed by atoms with Gasteiger partial charge in [0.25, 0.3) is 5.91 Å². The second-order valence-electron chi connectivity index (χ2n) is 4.64. The first-order valence-electron chi connectivity index (χ1n) is 5.87. The van der Waals surface area contributed by atoms with Gasteiger partial charge in [0, 0.05) is 42.9 Å². The molecule has 0 aromatic carbocycles. The maximum Gasteiger partial charge on any atom is 0.270 e. The number of halogens is 1. The molecule has 17 heavy (non-hydrogen) atoms. The van der Waals surface area contributed by atoms with E-state index < -0.39 is 0 Å². The number of carbonyl (C=O) groups excluding carboxylic acids is 1. The van der Waals surface area contributed by atoms with Crippen LogP contribution >= 0.6 is 15.9 Å². The van der Waals surface area contributed by atoms with Gasteiger partial charge in [-0.15, -0.1) is 0 Å². The Balaban J connectivity index is 2.22. The highest BCUT2D eigenvalue weighted by atomic mass is 79.9. The maximum absolute atomic E-state index is 12.4. The normalized spacial score (nSPS) is 25.1. The molecule has 5 heteroatoms. The molecule has 1 fully saturated rings. The van der Waals surface area contributed by atoms with E-state index in [0.717, 1.165) is 23.3 Å². The van der Waals surface area contributed by atoms with Crippen molar-refractivity contribution in [1.82, 2.24) is 14.8 Å². The minimum Gasteiger partial charge on any atom is -0.345 e. The minimum absolute atomic E-state index is 0.110. The van der Waals surface area contributed by atoms with Gasteiger partial charge >= 0.3 is 0 Å². The van der Waals surface area contributed by atoms with Crippen molar-refractivity contribution in [3.05, 3.63) is 22.4 Å². The quantitative estimate of drug-likeness (QED) is 0.855. The Morgan fingerprint density at radius 2 is 2.24 bits per heavy atom.